The number of hydrogen-bond donors (Lipinski definition) is 2. The Morgan fingerprint density at radius 1 is 1.18 bits per heavy atom. The van der Waals surface area contributed by atoms with Gasteiger partial charge in [0.15, 0.2) is 11.6 Å². The van der Waals surface area contributed by atoms with Gasteiger partial charge >= 0.3 is 0 Å². The molecule has 4 rings (SSSR count). The molecular weight excluding hydrogens is 488 g/mol. The highest BCUT2D eigenvalue weighted by Crippen LogP contribution is 2.40. The lowest BCUT2D eigenvalue weighted by atomic mass is 9.83. The molecule has 9 heteroatoms. The molecule has 1 fully saturated rings. The van der Waals surface area contributed by atoms with E-state index >= 15 is 0 Å². The molecule has 1 aliphatic heterocycles. The number of nitrogens with zero attached hydrogens (tertiary/aromatic N) is 4. The lowest BCUT2D eigenvalue weighted by Gasteiger charge is -2.41. The van der Waals surface area contributed by atoms with Crippen molar-refractivity contribution in [3.8, 4) is 11.4 Å². The molecule has 0 bridgehead atoms. The monoisotopic (exact) mass is 525 g/mol. The summed E-state index contributed by atoms with van der Waals surface area (Å²) >= 11 is 0. The van der Waals surface area contributed by atoms with Gasteiger partial charge in [-0.2, -0.15) is 5.10 Å². The maximum atomic E-state index is 14.8. The molecule has 2 N–H and O–H groups in total. The first-order chi connectivity index (χ1) is 18.0. The minimum absolute atomic E-state index is 0.0440. The van der Waals surface area contributed by atoms with Crippen LogP contribution in [0.1, 0.15) is 52.0 Å². The number of rotatable bonds is 8. The largest absolute Gasteiger partial charge is 0.384 e. The Labute approximate surface area is 222 Å². The fourth-order valence-electron chi connectivity index (χ4n) is 5.13. The summed E-state index contributed by atoms with van der Waals surface area (Å²) in [6.45, 7) is 12.0. The maximum absolute atomic E-state index is 14.8. The number of aliphatic hydroxyl groups is 1. The molecule has 4 atom stereocenters. The highest BCUT2D eigenvalue weighted by molar-refractivity contribution is 5.80. The van der Waals surface area contributed by atoms with Gasteiger partial charge in [-0.15, -0.1) is 0 Å². The van der Waals surface area contributed by atoms with Gasteiger partial charge in [-0.1, -0.05) is 58.0 Å². The molecule has 3 aromatic rings. The molecular formula is C29H37F2N5O2. The van der Waals surface area contributed by atoms with Crippen molar-refractivity contribution in [1.82, 2.24) is 25.0 Å². The molecule has 0 aliphatic carbocycles. The van der Waals surface area contributed by atoms with Crippen molar-refractivity contribution in [2.75, 3.05) is 19.6 Å². The van der Waals surface area contributed by atoms with Crippen LogP contribution in [0.3, 0.4) is 0 Å². The summed E-state index contributed by atoms with van der Waals surface area (Å²) in [5.74, 6) is -0.604. The molecule has 1 aromatic heterocycles. The molecule has 2 aromatic carbocycles. The predicted molar refractivity (Wildman–Crippen MR) is 142 cm³/mol. The average Bonchev–Trinajstić information content (AvgIpc) is 3.45. The first-order valence-electron chi connectivity index (χ1n) is 13.1. The zero-order valence-electron chi connectivity index (χ0n) is 22.7. The van der Waals surface area contributed by atoms with Gasteiger partial charge in [-0.3, -0.25) is 4.79 Å². The summed E-state index contributed by atoms with van der Waals surface area (Å²) in [4.78, 5) is 20.0. The smallest absolute Gasteiger partial charge is 0.251 e. The predicted octanol–water partition coefficient (Wildman–Crippen LogP) is 4.42. The molecule has 0 spiro atoms. The zero-order valence-corrected chi connectivity index (χ0v) is 22.7. The zero-order chi connectivity index (χ0) is 27.6. The highest BCUT2D eigenvalue weighted by Gasteiger charge is 2.42. The molecule has 1 aliphatic rings. The lowest BCUT2D eigenvalue weighted by molar-refractivity contribution is -0.146. The Hall–Kier alpha value is -3.17. The number of carbonyl (C=O) groups is 1. The van der Waals surface area contributed by atoms with Crippen molar-refractivity contribution in [3.05, 3.63) is 71.6 Å². The number of halogens is 2. The SMILES string of the molecule is C[C@H](O)C(=O)N(C[C@@H]1CNC[C@@H]1C)[C@@H](c1nc(-c2cc(F)ccc2F)nn1Cc1ccccc1)C(C)(C)C. The maximum Gasteiger partial charge on any atom is 0.251 e. The van der Waals surface area contributed by atoms with E-state index in [0.29, 0.717) is 24.8 Å². The van der Waals surface area contributed by atoms with E-state index in [4.69, 9.17) is 4.98 Å². The van der Waals surface area contributed by atoms with Gasteiger partial charge in [0, 0.05) is 6.54 Å². The van der Waals surface area contributed by atoms with Gasteiger partial charge in [0.1, 0.15) is 17.7 Å². The Balaban J connectivity index is 1.88. The average molecular weight is 526 g/mol. The summed E-state index contributed by atoms with van der Waals surface area (Å²) in [5, 5.41) is 18.4. The van der Waals surface area contributed by atoms with Crippen LogP contribution >= 0.6 is 0 Å². The van der Waals surface area contributed by atoms with Crippen molar-refractivity contribution < 1.29 is 18.7 Å². The third-order valence-electron chi connectivity index (χ3n) is 7.17. The van der Waals surface area contributed by atoms with E-state index in [1.165, 1.54) is 6.92 Å². The summed E-state index contributed by atoms with van der Waals surface area (Å²) in [5.41, 5.74) is 0.367. The first kappa shape index (κ1) is 27.9. The van der Waals surface area contributed by atoms with Crippen molar-refractivity contribution in [2.24, 2.45) is 17.3 Å². The fourth-order valence-corrected chi connectivity index (χ4v) is 5.13. The Morgan fingerprint density at radius 3 is 2.50 bits per heavy atom. The number of amides is 1. The second-order valence-corrected chi connectivity index (χ2v) is 11.4. The van der Waals surface area contributed by atoms with Crippen molar-refractivity contribution >= 4 is 5.91 Å². The topological polar surface area (TPSA) is 83.3 Å². The van der Waals surface area contributed by atoms with E-state index in [1.807, 2.05) is 51.1 Å². The number of aliphatic hydroxyl groups excluding tert-OH is 1. The van der Waals surface area contributed by atoms with Crippen LogP contribution < -0.4 is 5.32 Å². The number of hydrogen-bond acceptors (Lipinski definition) is 5. The molecule has 2 heterocycles. The van der Waals surface area contributed by atoms with Crippen molar-refractivity contribution in [2.45, 2.75) is 53.3 Å². The van der Waals surface area contributed by atoms with Crippen LogP contribution in [0.2, 0.25) is 0 Å². The number of nitrogens with one attached hydrogen (secondary N) is 1. The minimum Gasteiger partial charge on any atom is -0.384 e. The molecule has 38 heavy (non-hydrogen) atoms. The number of aromatic nitrogens is 3. The van der Waals surface area contributed by atoms with Crippen LogP contribution in [0.5, 0.6) is 0 Å². The Kier molecular flexibility index (Phi) is 8.28. The minimum atomic E-state index is -1.21. The molecule has 1 amide bonds. The van der Waals surface area contributed by atoms with E-state index in [0.717, 1.165) is 36.9 Å². The first-order valence-corrected chi connectivity index (χ1v) is 13.1. The standard InChI is InChI=1S/C29H37F2N5O2/c1-18-14-32-15-21(18)17-35(28(38)19(2)37)25(29(3,4)5)27-33-26(23-13-22(30)11-12-24(23)31)34-36(27)16-20-9-7-6-8-10-20/h6-13,18-19,21,25,32,37H,14-17H2,1-5H3/t18-,19-,21-,25-/m0/s1. The fraction of sp³-hybridized carbons (Fsp3) is 0.483. The van der Waals surface area contributed by atoms with Crippen LogP contribution in [0.25, 0.3) is 11.4 Å². The Bertz CT molecular complexity index is 1260. The van der Waals surface area contributed by atoms with Crippen LogP contribution in [-0.4, -0.2) is 56.4 Å². The molecule has 7 nitrogen and oxygen atoms in total. The summed E-state index contributed by atoms with van der Waals surface area (Å²) < 4.78 is 30.6. The molecule has 0 unspecified atom stereocenters. The molecule has 1 saturated heterocycles. The van der Waals surface area contributed by atoms with Gasteiger partial charge in [0.25, 0.3) is 5.91 Å². The van der Waals surface area contributed by atoms with E-state index in [2.05, 4.69) is 17.3 Å². The van der Waals surface area contributed by atoms with E-state index in [-0.39, 0.29) is 17.3 Å². The van der Waals surface area contributed by atoms with Gasteiger partial charge in [-0.05, 0) is 61.0 Å². The van der Waals surface area contributed by atoms with Crippen LogP contribution in [-0.2, 0) is 11.3 Å². The molecule has 0 saturated carbocycles. The molecule has 0 radical (unpaired) electrons. The number of benzene rings is 2. The second-order valence-electron chi connectivity index (χ2n) is 11.4. The van der Waals surface area contributed by atoms with Crippen molar-refractivity contribution in [3.63, 3.8) is 0 Å². The lowest BCUT2D eigenvalue weighted by Crippen LogP contribution is -2.48. The Morgan fingerprint density at radius 2 is 1.89 bits per heavy atom. The summed E-state index contributed by atoms with van der Waals surface area (Å²) in [6.07, 6.45) is -1.21. The second kappa shape index (κ2) is 11.3. The van der Waals surface area contributed by atoms with Gasteiger partial charge < -0.3 is 15.3 Å². The normalized spacial score (nSPS) is 19.4. The third-order valence-corrected chi connectivity index (χ3v) is 7.17. The van der Waals surface area contributed by atoms with Crippen LogP contribution in [0, 0.1) is 28.9 Å². The van der Waals surface area contributed by atoms with E-state index in [1.54, 1.807) is 9.58 Å². The third kappa shape index (κ3) is 6.10. The van der Waals surface area contributed by atoms with Crippen molar-refractivity contribution in [1.29, 1.82) is 0 Å². The summed E-state index contributed by atoms with van der Waals surface area (Å²) in [7, 11) is 0. The van der Waals surface area contributed by atoms with Crippen LogP contribution in [0.4, 0.5) is 8.78 Å². The number of carbonyl (C=O) groups excluding carboxylic acids is 1. The molecule has 204 valence electrons. The summed E-state index contributed by atoms with van der Waals surface area (Å²) in [6, 6.07) is 12.2. The highest BCUT2D eigenvalue weighted by atomic mass is 19.1. The van der Waals surface area contributed by atoms with Gasteiger partial charge in [-0.25, -0.2) is 18.4 Å². The van der Waals surface area contributed by atoms with E-state index < -0.39 is 35.1 Å². The quantitative estimate of drug-likeness (QED) is 0.455. The van der Waals surface area contributed by atoms with Gasteiger partial charge in [0.05, 0.1) is 18.2 Å². The van der Waals surface area contributed by atoms with Crippen LogP contribution in [0.15, 0.2) is 48.5 Å². The van der Waals surface area contributed by atoms with E-state index in [9.17, 15) is 18.7 Å². The van der Waals surface area contributed by atoms with Gasteiger partial charge in [0.2, 0.25) is 0 Å².